The smallest absolute Gasteiger partial charge is 0.225 e. The van der Waals surface area contributed by atoms with Crippen molar-refractivity contribution in [2.24, 2.45) is 17.3 Å². The first-order valence-electron chi connectivity index (χ1n) is 8.38. The molecule has 21 heavy (non-hydrogen) atoms. The summed E-state index contributed by atoms with van der Waals surface area (Å²) in [6.45, 7) is 9.78. The second kappa shape index (κ2) is 6.37. The SMILES string of the molecule is CC(C)C(=O)N1CCCC(C(=O)NC2CCC(C)(C)C2)C1. The van der Waals surface area contributed by atoms with Crippen LogP contribution in [0.15, 0.2) is 0 Å². The molecule has 2 aliphatic rings. The number of nitrogens with zero attached hydrogens (tertiary/aromatic N) is 1. The molecule has 1 heterocycles. The fourth-order valence-corrected chi connectivity index (χ4v) is 3.63. The van der Waals surface area contributed by atoms with E-state index in [1.807, 2.05) is 18.7 Å². The van der Waals surface area contributed by atoms with Crippen LogP contribution in [0.5, 0.6) is 0 Å². The zero-order valence-corrected chi connectivity index (χ0v) is 13.9. The maximum Gasteiger partial charge on any atom is 0.225 e. The maximum atomic E-state index is 12.5. The van der Waals surface area contributed by atoms with Gasteiger partial charge >= 0.3 is 0 Å². The first-order valence-corrected chi connectivity index (χ1v) is 8.38. The third-order valence-corrected chi connectivity index (χ3v) is 4.91. The maximum absolute atomic E-state index is 12.5. The van der Waals surface area contributed by atoms with Gasteiger partial charge in [0.15, 0.2) is 0 Å². The number of nitrogens with one attached hydrogen (secondary N) is 1. The number of carbonyl (C=O) groups excluding carboxylic acids is 2. The van der Waals surface area contributed by atoms with Gasteiger partial charge in [-0.15, -0.1) is 0 Å². The van der Waals surface area contributed by atoms with Crippen LogP contribution in [0.1, 0.15) is 59.8 Å². The van der Waals surface area contributed by atoms with E-state index >= 15 is 0 Å². The Kier molecular flexibility index (Phi) is 4.95. The van der Waals surface area contributed by atoms with Crippen molar-refractivity contribution in [3.8, 4) is 0 Å². The Balaban J connectivity index is 1.86. The van der Waals surface area contributed by atoms with E-state index in [-0.39, 0.29) is 23.7 Å². The van der Waals surface area contributed by atoms with E-state index in [4.69, 9.17) is 0 Å². The van der Waals surface area contributed by atoms with Crippen LogP contribution in [0.3, 0.4) is 0 Å². The summed E-state index contributed by atoms with van der Waals surface area (Å²) < 4.78 is 0. The molecule has 0 aromatic carbocycles. The van der Waals surface area contributed by atoms with Crippen molar-refractivity contribution in [3.05, 3.63) is 0 Å². The van der Waals surface area contributed by atoms with E-state index < -0.39 is 0 Å². The lowest BCUT2D eigenvalue weighted by atomic mass is 9.91. The zero-order valence-electron chi connectivity index (χ0n) is 13.9. The lowest BCUT2D eigenvalue weighted by Gasteiger charge is -2.33. The van der Waals surface area contributed by atoms with Gasteiger partial charge in [-0.3, -0.25) is 9.59 Å². The molecule has 0 aromatic rings. The number of amides is 2. The average molecular weight is 294 g/mol. The second-order valence-corrected chi connectivity index (χ2v) is 7.89. The molecule has 4 heteroatoms. The molecule has 1 saturated heterocycles. The third-order valence-electron chi connectivity index (χ3n) is 4.91. The molecule has 1 aliphatic carbocycles. The van der Waals surface area contributed by atoms with Gasteiger partial charge in [0, 0.05) is 25.0 Å². The van der Waals surface area contributed by atoms with Crippen LogP contribution in [0, 0.1) is 17.3 Å². The quantitative estimate of drug-likeness (QED) is 0.869. The topological polar surface area (TPSA) is 49.4 Å². The molecule has 2 rings (SSSR count). The van der Waals surface area contributed by atoms with Crippen LogP contribution in [0.25, 0.3) is 0 Å². The van der Waals surface area contributed by atoms with Crippen LogP contribution >= 0.6 is 0 Å². The molecule has 2 unspecified atom stereocenters. The van der Waals surface area contributed by atoms with Crippen LogP contribution < -0.4 is 5.32 Å². The van der Waals surface area contributed by atoms with Gasteiger partial charge in [0.1, 0.15) is 0 Å². The molecule has 1 N–H and O–H groups in total. The Morgan fingerprint density at radius 3 is 2.52 bits per heavy atom. The molecule has 2 fully saturated rings. The highest BCUT2D eigenvalue weighted by molar-refractivity contribution is 5.82. The minimum Gasteiger partial charge on any atom is -0.353 e. The van der Waals surface area contributed by atoms with E-state index in [1.54, 1.807) is 0 Å². The molecule has 2 atom stereocenters. The van der Waals surface area contributed by atoms with Crippen LogP contribution in [-0.4, -0.2) is 35.8 Å². The first-order chi connectivity index (χ1) is 9.78. The van der Waals surface area contributed by atoms with Gasteiger partial charge in [0.05, 0.1) is 5.92 Å². The molecule has 0 aromatic heterocycles. The van der Waals surface area contributed by atoms with Crippen molar-refractivity contribution < 1.29 is 9.59 Å². The minimum atomic E-state index is -0.0230. The molecular formula is C17H30N2O2. The van der Waals surface area contributed by atoms with Crippen molar-refractivity contribution in [2.75, 3.05) is 13.1 Å². The van der Waals surface area contributed by atoms with Gasteiger partial charge in [0.2, 0.25) is 11.8 Å². The molecule has 0 radical (unpaired) electrons. The number of piperidine rings is 1. The predicted octanol–water partition coefficient (Wildman–Crippen LogP) is 2.58. The molecular weight excluding hydrogens is 264 g/mol. The first kappa shape index (κ1) is 16.3. The predicted molar refractivity (Wildman–Crippen MR) is 83.7 cm³/mol. The zero-order chi connectivity index (χ0) is 15.6. The number of likely N-dealkylation sites (tertiary alicyclic amines) is 1. The van der Waals surface area contributed by atoms with Gasteiger partial charge in [0.25, 0.3) is 0 Å². The molecule has 2 amide bonds. The van der Waals surface area contributed by atoms with Crippen LogP contribution in [0.2, 0.25) is 0 Å². The Bertz CT molecular complexity index is 404. The van der Waals surface area contributed by atoms with E-state index in [2.05, 4.69) is 19.2 Å². The van der Waals surface area contributed by atoms with Crippen molar-refractivity contribution >= 4 is 11.8 Å². The van der Waals surface area contributed by atoms with Gasteiger partial charge in [-0.1, -0.05) is 27.7 Å². The molecule has 0 spiro atoms. The van der Waals surface area contributed by atoms with Gasteiger partial charge in [-0.25, -0.2) is 0 Å². The summed E-state index contributed by atoms with van der Waals surface area (Å²) in [5.74, 6) is 0.320. The summed E-state index contributed by atoms with van der Waals surface area (Å²) in [5, 5.41) is 3.22. The fourth-order valence-electron chi connectivity index (χ4n) is 3.63. The largest absolute Gasteiger partial charge is 0.353 e. The monoisotopic (exact) mass is 294 g/mol. The lowest BCUT2D eigenvalue weighted by Crippen LogP contribution is -2.48. The lowest BCUT2D eigenvalue weighted by molar-refractivity contribution is -0.138. The van der Waals surface area contributed by atoms with Crippen molar-refractivity contribution in [2.45, 2.75) is 65.8 Å². The van der Waals surface area contributed by atoms with Gasteiger partial charge < -0.3 is 10.2 Å². The minimum absolute atomic E-state index is 0.0162. The normalized spacial score (nSPS) is 28.7. The van der Waals surface area contributed by atoms with Crippen LogP contribution in [0.4, 0.5) is 0 Å². The van der Waals surface area contributed by atoms with Crippen LogP contribution in [-0.2, 0) is 9.59 Å². The van der Waals surface area contributed by atoms with E-state index in [0.717, 1.165) is 32.2 Å². The summed E-state index contributed by atoms with van der Waals surface area (Å²) in [6.07, 6.45) is 5.18. The number of carbonyl (C=O) groups is 2. The van der Waals surface area contributed by atoms with Crippen molar-refractivity contribution in [1.29, 1.82) is 0 Å². The Morgan fingerprint density at radius 1 is 1.24 bits per heavy atom. The highest BCUT2D eigenvalue weighted by Gasteiger charge is 2.34. The Morgan fingerprint density at radius 2 is 1.95 bits per heavy atom. The summed E-state index contributed by atoms with van der Waals surface area (Å²) in [5.41, 5.74) is 0.351. The van der Waals surface area contributed by atoms with Gasteiger partial charge in [-0.05, 0) is 37.5 Å². The molecule has 1 saturated carbocycles. The third kappa shape index (κ3) is 4.21. The molecule has 4 nitrogen and oxygen atoms in total. The summed E-state index contributed by atoms with van der Waals surface area (Å²) in [7, 11) is 0. The highest BCUT2D eigenvalue weighted by atomic mass is 16.2. The van der Waals surface area contributed by atoms with Crippen molar-refractivity contribution in [1.82, 2.24) is 10.2 Å². The standard InChI is InChI=1S/C17H30N2O2/c1-12(2)16(21)19-9-5-6-13(11-19)15(20)18-14-7-8-17(3,4)10-14/h12-14H,5-11H2,1-4H3,(H,18,20). The Hall–Kier alpha value is -1.06. The molecule has 1 aliphatic heterocycles. The van der Waals surface area contributed by atoms with Crippen molar-refractivity contribution in [3.63, 3.8) is 0 Å². The molecule has 120 valence electrons. The van der Waals surface area contributed by atoms with E-state index in [0.29, 0.717) is 18.0 Å². The molecule has 0 bridgehead atoms. The van der Waals surface area contributed by atoms with E-state index in [9.17, 15) is 9.59 Å². The number of hydrogen-bond acceptors (Lipinski definition) is 2. The van der Waals surface area contributed by atoms with E-state index in [1.165, 1.54) is 6.42 Å². The highest BCUT2D eigenvalue weighted by Crippen LogP contribution is 2.37. The number of rotatable bonds is 3. The number of hydrogen-bond donors (Lipinski definition) is 1. The second-order valence-electron chi connectivity index (χ2n) is 7.89. The summed E-state index contributed by atoms with van der Waals surface area (Å²) >= 11 is 0. The fraction of sp³-hybridized carbons (Fsp3) is 0.882. The summed E-state index contributed by atoms with van der Waals surface area (Å²) in [4.78, 5) is 26.4. The average Bonchev–Trinajstić information content (AvgIpc) is 2.77. The van der Waals surface area contributed by atoms with Gasteiger partial charge in [-0.2, -0.15) is 0 Å². The Labute approximate surface area is 128 Å². The summed E-state index contributed by atoms with van der Waals surface area (Å²) in [6, 6.07) is 0.323.